The predicted octanol–water partition coefficient (Wildman–Crippen LogP) is 3.56. The van der Waals surface area contributed by atoms with E-state index in [1.165, 1.54) is 37.8 Å². The molecule has 0 bridgehead atoms. The fourth-order valence-corrected chi connectivity index (χ4v) is 2.95. The van der Waals surface area contributed by atoms with E-state index >= 15 is 0 Å². The Morgan fingerprint density at radius 3 is 2.71 bits per heavy atom. The summed E-state index contributed by atoms with van der Waals surface area (Å²) in [7, 11) is 0. The Balaban J connectivity index is 2.10. The van der Waals surface area contributed by atoms with Gasteiger partial charge in [0.1, 0.15) is 5.82 Å². The highest BCUT2D eigenvalue weighted by molar-refractivity contribution is 6.31. The highest BCUT2D eigenvalue weighted by Gasteiger charge is 2.22. The summed E-state index contributed by atoms with van der Waals surface area (Å²) in [5, 5.41) is 0.450. The maximum Gasteiger partial charge on any atom is 0.124 e. The fourth-order valence-electron chi connectivity index (χ4n) is 2.65. The molecule has 2 nitrogen and oxygen atoms in total. The van der Waals surface area contributed by atoms with Gasteiger partial charge in [-0.05, 0) is 30.0 Å². The number of benzene rings is 1. The number of nitrogens with two attached hydrogens (primary N) is 1. The first kappa shape index (κ1) is 12.8. The smallest absolute Gasteiger partial charge is 0.124 e. The third kappa shape index (κ3) is 3.18. The third-order valence-electron chi connectivity index (χ3n) is 3.58. The molecule has 94 valence electrons. The van der Waals surface area contributed by atoms with E-state index in [0.717, 1.165) is 12.0 Å². The molecule has 1 atom stereocenters. The van der Waals surface area contributed by atoms with Crippen molar-refractivity contribution in [3.8, 4) is 0 Å². The summed E-state index contributed by atoms with van der Waals surface area (Å²) in [6.07, 6.45) is 6.11. The maximum absolute atomic E-state index is 13.0. The van der Waals surface area contributed by atoms with Gasteiger partial charge in [-0.3, -0.25) is 11.3 Å². The summed E-state index contributed by atoms with van der Waals surface area (Å²) in [5.41, 5.74) is 3.69. The van der Waals surface area contributed by atoms with Crippen LogP contribution in [0.3, 0.4) is 0 Å². The van der Waals surface area contributed by atoms with Gasteiger partial charge in [-0.25, -0.2) is 4.39 Å². The Hall–Kier alpha value is -0.640. The zero-order valence-electron chi connectivity index (χ0n) is 9.76. The van der Waals surface area contributed by atoms with Gasteiger partial charge in [0.2, 0.25) is 0 Å². The largest absolute Gasteiger partial charge is 0.271 e. The topological polar surface area (TPSA) is 38.0 Å². The van der Waals surface area contributed by atoms with Gasteiger partial charge < -0.3 is 0 Å². The lowest BCUT2D eigenvalue weighted by atomic mass is 9.94. The minimum Gasteiger partial charge on any atom is -0.271 e. The van der Waals surface area contributed by atoms with Gasteiger partial charge in [0, 0.05) is 11.1 Å². The van der Waals surface area contributed by atoms with Crippen LogP contribution in [0.15, 0.2) is 18.2 Å². The number of hydrogen-bond acceptors (Lipinski definition) is 2. The lowest BCUT2D eigenvalue weighted by molar-refractivity contribution is 0.400. The fraction of sp³-hybridized carbons (Fsp3) is 0.538. The summed E-state index contributed by atoms with van der Waals surface area (Å²) in [5.74, 6) is 5.98. The molecular formula is C13H18ClFN2. The molecule has 0 heterocycles. The molecule has 1 fully saturated rings. The van der Waals surface area contributed by atoms with Crippen molar-refractivity contribution in [3.05, 3.63) is 34.6 Å². The SMILES string of the molecule is NNC(CC1CCCC1)c1ccc(F)cc1Cl. The molecule has 1 unspecified atom stereocenters. The van der Waals surface area contributed by atoms with Crippen LogP contribution >= 0.6 is 11.6 Å². The van der Waals surface area contributed by atoms with Crippen LogP contribution in [0.25, 0.3) is 0 Å². The van der Waals surface area contributed by atoms with Gasteiger partial charge in [0.15, 0.2) is 0 Å². The Morgan fingerprint density at radius 1 is 1.41 bits per heavy atom. The van der Waals surface area contributed by atoms with E-state index < -0.39 is 0 Å². The molecule has 0 amide bonds. The van der Waals surface area contributed by atoms with E-state index in [4.69, 9.17) is 17.4 Å². The highest BCUT2D eigenvalue weighted by Crippen LogP contribution is 2.34. The van der Waals surface area contributed by atoms with Crippen LogP contribution in [0.2, 0.25) is 5.02 Å². The van der Waals surface area contributed by atoms with E-state index in [9.17, 15) is 4.39 Å². The summed E-state index contributed by atoms with van der Waals surface area (Å²) in [6.45, 7) is 0. The molecule has 1 saturated carbocycles. The van der Waals surface area contributed by atoms with Crippen molar-refractivity contribution < 1.29 is 4.39 Å². The third-order valence-corrected chi connectivity index (χ3v) is 3.91. The molecule has 3 N–H and O–H groups in total. The summed E-state index contributed by atoms with van der Waals surface area (Å²) >= 11 is 6.05. The van der Waals surface area contributed by atoms with Crippen LogP contribution < -0.4 is 11.3 Å². The maximum atomic E-state index is 13.0. The normalized spacial score (nSPS) is 18.5. The highest BCUT2D eigenvalue weighted by atomic mass is 35.5. The van der Waals surface area contributed by atoms with Gasteiger partial charge in [-0.15, -0.1) is 0 Å². The van der Waals surface area contributed by atoms with Gasteiger partial charge in [-0.2, -0.15) is 0 Å². The minimum atomic E-state index is -0.310. The van der Waals surface area contributed by atoms with Crippen molar-refractivity contribution in [1.82, 2.24) is 5.43 Å². The van der Waals surface area contributed by atoms with Crippen LogP contribution in [-0.2, 0) is 0 Å². The van der Waals surface area contributed by atoms with Crippen LogP contribution in [0.4, 0.5) is 4.39 Å². The molecule has 0 saturated heterocycles. The van der Waals surface area contributed by atoms with Gasteiger partial charge in [0.05, 0.1) is 0 Å². The number of nitrogens with one attached hydrogen (secondary N) is 1. The van der Waals surface area contributed by atoms with Crippen molar-refractivity contribution in [1.29, 1.82) is 0 Å². The molecule has 0 aliphatic heterocycles. The Bertz CT molecular complexity index is 378. The average Bonchev–Trinajstić information content (AvgIpc) is 2.79. The van der Waals surface area contributed by atoms with Crippen LogP contribution in [0.5, 0.6) is 0 Å². The Morgan fingerprint density at radius 2 is 2.12 bits per heavy atom. The van der Waals surface area contributed by atoms with E-state index in [2.05, 4.69) is 5.43 Å². The van der Waals surface area contributed by atoms with Gasteiger partial charge in [-0.1, -0.05) is 43.4 Å². The first-order valence-corrected chi connectivity index (χ1v) is 6.49. The molecular weight excluding hydrogens is 239 g/mol. The average molecular weight is 257 g/mol. The minimum absolute atomic E-state index is 0.0196. The molecule has 4 heteroatoms. The molecule has 0 aromatic heterocycles. The molecule has 1 aliphatic carbocycles. The number of hydrogen-bond donors (Lipinski definition) is 2. The van der Waals surface area contributed by atoms with Crippen LogP contribution in [0, 0.1) is 11.7 Å². The molecule has 2 rings (SSSR count). The second-order valence-electron chi connectivity index (χ2n) is 4.77. The monoisotopic (exact) mass is 256 g/mol. The number of rotatable bonds is 4. The second kappa shape index (κ2) is 5.80. The number of hydrazine groups is 1. The second-order valence-corrected chi connectivity index (χ2v) is 5.18. The van der Waals surface area contributed by atoms with Gasteiger partial charge in [0.25, 0.3) is 0 Å². The summed E-state index contributed by atoms with van der Waals surface area (Å²) < 4.78 is 13.0. The standard InChI is InChI=1S/C13H18ClFN2/c14-12-8-10(15)5-6-11(12)13(17-16)7-9-3-1-2-4-9/h5-6,8-9,13,17H,1-4,7,16H2. The Kier molecular flexibility index (Phi) is 4.37. The summed E-state index contributed by atoms with van der Waals surface area (Å²) in [4.78, 5) is 0. The van der Waals surface area contributed by atoms with Crippen molar-refractivity contribution in [3.63, 3.8) is 0 Å². The van der Waals surface area contributed by atoms with E-state index in [0.29, 0.717) is 10.9 Å². The molecule has 1 aliphatic rings. The molecule has 1 aromatic rings. The van der Waals surface area contributed by atoms with Crippen molar-refractivity contribution in [2.45, 2.75) is 38.1 Å². The van der Waals surface area contributed by atoms with Gasteiger partial charge >= 0.3 is 0 Å². The Labute approximate surface area is 106 Å². The van der Waals surface area contributed by atoms with Crippen molar-refractivity contribution in [2.75, 3.05) is 0 Å². The summed E-state index contributed by atoms with van der Waals surface area (Å²) in [6, 6.07) is 4.51. The molecule has 1 aromatic carbocycles. The lowest BCUT2D eigenvalue weighted by Gasteiger charge is -2.21. The predicted molar refractivity (Wildman–Crippen MR) is 68.0 cm³/mol. The molecule has 17 heavy (non-hydrogen) atoms. The lowest BCUT2D eigenvalue weighted by Crippen LogP contribution is -2.29. The van der Waals surface area contributed by atoms with E-state index in [-0.39, 0.29) is 11.9 Å². The zero-order chi connectivity index (χ0) is 12.3. The molecule has 0 spiro atoms. The number of halogens is 2. The quantitative estimate of drug-likeness (QED) is 0.639. The van der Waals surface area contributed by atoms with Crippen LogP contribution in [-0.4, -0.2) is 0 Å². The van der Waals surface area contributed by atoms with Crippen LogP contribution in [0.1, 0.15) is 43.7 Å². The zero-order valence-corrected chi connectivity index (χ0v) is 10.5. The first-order valence-electron chi connectivity index (χ1n) is 6.12. The van der Waals surface area contributed by atoms with Crippen molar-refractivity contribution in [2.24, 2.45) is 11.8 Å². The van der Waals surface area contributed by atoms with E-state index in [1.807, 2.05) is 0 Å². The van der Waals surface area contributed by atoms with E-state index in [1.54, 1.807) is 6.07 Å². The van der Waals surface area contributed by atoms with Crippen molar-refractivity contribution >= 4 is 11.6 Å². The first-order chi connectivity index (χ1) is 8.20. The molecule has 0 radical (unpaired) electrons.